The van der Waals surface area contributed by atoms with Crippen LogP contribution in [0.3, 0.4) is 0 Å². The molecule has 5 nitrogen and oxygen atoms in total. The second-order valence-corrected chi connectivity index (χ2v) is 6.23. The van der Waals surface area contributed by atoms with Gasteiger partial charge < -0.3 is 16.0 Å². The van der Waals surface area contributed by atoms with Crippen molar-refractivity contribution in [2.24, 2.45) is 0 Å². The van der Waals surface area contributed by atoms with Gasteiger partial charge in [0.2, 0.25) is 11.8 Å². The Morgan fingerprint density at radius 3 is 2.17 bits per heavy atom. The largest absolute Gasteiger partial charge is 0.374 e. The number of hydrogen-bond acceptors (Lipinski definition) is 4. The van der Waals surface area contributed by atoms with E-state index in [1.54, 1.807) is 36.0 Å². The number of carbonyl (C=O) groups excluding carboxylic acids is 2. The molecule has 1 unspecified atom stereocenters. The Morgan fingerprint density at radius 1 is 0.958 bits per heavy atom. The van der Waals surface area contributed by atoms with Crippen molar-refractivity contribution in [3.05, 3.63) is 48.5 Å². The summed E-state index contributed by atoms with van der Waals surface area (Å²) >= 11 is 1.66. The molecular formula is C18H21N3O2S. The lowest BCUT2D eigenvalue weighted by Crippen LogP contribution is -2.31. The van der Waals surface area contributed by atoms with E-state index in [1.165, 1.54) is 6.92 Å². The zero-order valence-corrected chi connectivity index (χ0v) is 14.7. The number of hydrogen-bond donors (Lipinski definition) is 3. The van der Waals surface area contributed by atoms with Gasteiger partial charge in [0.05, 0.1) is 0 Å². The molecule has 24 heavy (non-hydrogen) atoms. The number of nitrogens with one attached hydrogen (secondary N) is 3. The molecular weight excluding hydrogens is 322 g/mol. The summed E-state index contributed by atoms with van der Waals surface area (Å²) < 4.78 is 0. The van der Waals surface area contributed by atoms with Crippen molar-refractivity contribution in [2.75, 3.05) is 22.2 Å². The fourth-order valence-corrected chi connectivity index (χ4v) is 2.58. The summed E-state index contributed by atoms with van der Waals surface area (Å²) in [4.78, 5) is 24.4. The summed E-state index contributed by atoms with van der Waals surface area (Å²) in [7, 11) is 0. The molecule has 0 aliphatic rings. The number of rotatable bonds is 6. The van der Waals surface area contributed by atoms with Crippen molar-refractivity contribution in [2.45, 2.75) is 24.8 Å². The minimum Gasteiger partial charge on any atom is -0.374 e. The SMILES string of the molecule is CSc1cccc(NC(C)C(=O)Nc2ccc(NC(C)=O)cc2)c1. The Hall–Kier alpha value is -2.47. The van der Waals surface area contributed by atoms with Crippen molar-refractivity contribution >= 4 is 40.6 Å². The third kappa shape index (κ3) is 5.31. The molecule has 2 aromatic carbocycles. The molecule has 0 bridgehead atoms. The van der Waals surface area contributed by atoms with E-state index in [-0.39, 0.29) is 17.9 Å². The maximum Gasteiger partial charge on any atom is 0.246 e. The first-order valence-electron chi connectivity index (χ1n) is 7.57. The highest BCUT2D eigenvalue weighted by molar-refractivity contribution is 7.98. The van der Waals surface area contributed by atoms with E-state index in [9.17, 15) is 9.59 Å². The van der Waals surface area contributed by atoms with E-state index in [2.05, 4.69) is 16.0 Å². The van der Waals surface area contributed by atoms with Crippen LogP contribution in [0.25, 0.3) is 0 Å². The highest BCUT2D eigenvalue weighted by Crippen LogP contribution is 2.20. The van der Waals surface area contributed by atoms with E-state index >= 15 is 0 Å². The molecule has 0 saturated heterocycles. The van der Waals surface area contributed by atoms with Gasteiger partial charge in [-0.05, 0) is 55.6 Å². The van der Waals surface area contributed by atoms with Gasteiger partial charge in [-0.1, -0.05) is 6.07 Å². The van der Waals surface area contributed by atoms with Gasteiger partial charge in [0.1, 0.15) is 6.04 Å². The lowest BCUT2D eigenvalue weighted by atomic mass is 10.2. The Balaban J connectivity index is 1.94. The minimum absolute atomic E-state index is 0.128. The molecule has 0 fully saturated rings. The van der Waals surface area contributed by atoms with Gasteiger partial charge >= 0.3 is 0 Å². The van der Waals surface area contributed by atoms with Crippen LogP contribution in [0.5, 0.6) is 0 Å². The predicted molar refractivity (Wildman–Crippen MR) is 101 cm³/mol. The Morgan fingerprint density at radius 2 is 1.58 bits per heavy atom. The van der Waals surface area contributed by atoms with Crippen molar-refractivity contribution in [3.8, 4) is 0 Å². The quantitative estimate of drug-likeness (QED) is 0.698. The summed E-state index contributed by atoms with van der Waals surface area (Å²) in [5.74, 6) is -0.256. The number of amides is 2. The third-order valence-electron chi connectivity index (χ3n) is 3.32. The molecule has 2 rings (SSSR count). The monoisotopic (exact) mass is 343 g/mol. The predicted octanol–water partition coefficient (Wildman–Crippen LogP) is 3.81. The molecule has 2 amide bonds. The molecule has 3 N–H and O–H groups in total. The third-order valence-corrected chi connectivity index (χ3v) is 4.04. The van der Waals surface area contributed by atoms with Crippen molar-refractivity contribution in [3.63, 3.8) is 0 Å². The molecule has 0 radical (unpaired) electrons. The number of anilines is 3. The highest BCUT2D eigenvalue weighted by atomic mass is 32.2. The first kappa shape index (κ1) is 17.9. The Kier molecular flexibility index (Phi) is 6.26. The van der Waals surface area contributed by atoms with E-state index in [0.29, 0.717) is 11.4 Å². The molecule has 0 saturated carbocycles. The molecule has 0 spiro atoms. The first-order chi connectivity index (χ1) is 11.5. The standard InChI is InChI=1S/C18H21N3O2S/c1-12(19-16-5-4-6-17(11-16)24-3)18(23)21-15-9-7-14(8-10-15)20-13(2)22/h4-12,19H,1-3H3,(H,20,22)(H,21,23). The number of benzene rings is 2. The normalized spacial score (nSPS) is 11.5. The van der Waals surface area contributed by atoms with Gasteiger partial charge in [0.15, 0.2) is 0 Å². The van der Waals surface area contributed by atoms with Gasteiger partial charge in [-0.15, -0.1) is 11.8 Å². The average Bonchev–Trinajstić information content (AvgIpc) is 2.56. The molecule has 0 aliphatic carbocycles. The fraction of sp³-hybridized carbons (Fsp3) is 0.222. The lowest BCUT2D eigenvalue weighted by molar-refractivity contribution is -0.116. The van der Waals surface area contributed by atoms with E-state index < -0.39 is 0 Å². The van der Waals surface area contributed by atoms with Gasteiger partial charge in [-0.3, -0.25) is 9.59 Å². The highest BCUT2D eigenvalue weighted by Gasteiger charge is 2.13. The molecule has 0 heterocycles. The van der Waals surface area contributed by atoms with Crippen LogP contribution in [0, 0.1) is 0 Å². The molecule has 1 atom stereocenters. The van der Waals surface area contributed by atoms with Gasteiger partial charge in [0.25, 0.3) is 0 Å². The number of carbonyl (C=O) groups is 2. The summed E-state index contributed by atoms with van der Waals surface area (Å²) in [6, 6.07) is 14.6. The fourth-order valence-electron chi connectivity index (χ4n) is 2.12. The molecule has 0 aromatic heterocycles. The summed E-state index contributed by atoms with van der Waals surface area (Å²) in [6.07, 6.45) is 2.01. The van der Waals surface area contributed by atoms with Gasteiger partial charge in [0, 0.05) is 28.9 Å². The second-order valence-electron chi connectivity index (χ2n) is 5.35. The van der Waals surface area contributed by atoms with E-state index in [1.807, 2.05) is 37.4 Å². The lowest BCUT2D eigenvalue weighted by Gasteiger charge is -2.16. The van der Waals surface area contributed by atoms with Crippen LogP contribution < -0.4 is 16.0 Å². The summed E-state index contributed by atoms with van der Waals surface area (Å²) in [5.41, 5.74) is 2.28. The van der Waals surface area contributed by atoms with E-state index in [0.717, 1.165) is 10.6 Å². The topological polar surface area (TPSA) is 70.2 Å². The van der Waals surface area contributed by atoms with E-state index in [4.69, 9.17) is 0 Å². The van der Waals surface area contributed by atoms with Crippen LogP contribution in [-0.4, -0.2) is 24.1 Å². The zero-order valence-electron chi connectivity index (χ0n) is 13.9. The van der Waals surface area contributed by atoms with Crippen LogP contribution in [0.4, 0.5) is 17.1 Å². The van der Waals surface area contributed by atoms with Gasteiger partial charge in [-0.25, -0.2) is 0 Å². The van der Waals surface area contributed by atoms with Crippen LogP contribution in [0.2, 0.25) is 0 Å². The Labute approximate surface area is 146 Å². The summed E-state index contributed by atoms with van der Waals surface area (Å²) in [5, 5.41) is 8.73. The van der Waals surface area contributed by atoms with Crippen LogP contribution in [-0.2, 0) is 9.59 Å². The van der Waals surface area contributed by atoms with Gasteiger partial charge in [-0.2, -0.15) is 0 Å². The number of thioether (sulfide) groups is 1. The maximum absolute atomic E-state index is 12.3. The smallest absolute Gasteiger partial charge is 0.246 e. The molecule has 2 aromatic rings. The summed E-state index contributed by atoms with van der Waals surface area (Å²) in [6.45, 7) is 3.27. The van der Waals surface area contributed by atoms with Crippen LogP contribution >= 0.6 is 11.8 Å². The molecule has 0 aliphatic heterocycles. The second kappa shape index (κ2) is 8.40. The average molecular weight is 343 g/mol. The Bertz CT molecular complexity index is 716. The molecule has 126 valence electrons. The van der Waals surface area contributed by atoms with Crippen molar-refractivity contribution in [1.82, 2.24) is 0 Å². The van der Waals surface area contributed by atoms with Crippen LogP contribution in [0.1, 0.15) is 13.8 Å². The molecule has 6 heteroatoms. The van der Waals surface area contributed by atoms with Crippen molar-refractivity contribution in [1.29, 1.82) is 0 Å². The first-order valence-corrected chi connectivity index (χ1v) is 8.79. The van der Waals surface area contributed by atoms with Crippen LogP contribution in [0.15, 0.2) is 53.4 Å². The minimum atomic E-state index is -0.378. The maximum atomic E-state index is 12.3. The zero-order chi connectivity index (χ0) is 17.5. The van der Waals surface area contributed by atoms with Crippen molar-refractivity contribution < 1.29 is 9.59 Å².